The molecule has 1 atom stereocenters. The van der Waals surface area contributed by atoms with Crippen molar-refractivity contribution in [3.63, 3.8) is 0 Å². The summed E-state index contributed by atoms with van der Waals surface area (Å²) >= 11 is 1.65. The Hall–Kier alpha value is -1.74. The molecule has 0 aliphatic carbocycles. The van der Waals surface area contributed by atoms with Gasteiger partial charge >= 0.3 is 0 Å². The minimum absolute atomic E-state index is 0.103. The van der Waals surface area contributed by atoms with Crippen molar-refractivity contribution >= 4 is 17.7 Å². The molecule has 0 saturated heterocycles. The molecule has 1 amide bonds. The lowest BCUT2D eigenvalue weighted by Gasteiger charge is -2.17. The molecule has 0 spiro atoms. The van der Waals surface area contributed by atoms with E-state index in [1.54, 1.807) is 11.8 Å². The van der Waals surface area contributed by atoms with Crippen LogP contribution < -0.4 is 5.32 Å². The predicted octanol–water partition coefficient (Wildman–Crippen LogP) is 4.19. The zero-order valence-corrected chi connectivity index (χ0v) is 13.1. The molecule has 1 unspecified atom stereocenters. The maximum absolute atomic E-state index is 12.0. The number of thioether (sulfide) groups is 1. The standard InChI is InChI=1S/C18H21NOS/c1-2-17(16-11-7-4-8-12-16)19-18(20)14-21-13-15-9-5-3-6-10-15/h3-12,17H,2,13-14H2,1H3,(H,19,20). The predicted molar refractivity (Wildman–Crippen MR) is 90.2 cm³/mol. The fraction of sp³-hybridized carbons (Fsp3) is 0.278. The summed E-state index contributed by atoms with van der Waals surface area (Å²) in [5.74, 6) is 1.47. The molecular formula is C18H21NOS. The van der Waals surface area contributed by atoms with E-state index in [2.05, 4.69) is 36.5 Å². The number of benzene rings is 2. The van der Waals surface area contributed by atoms with E-state index in [1.807, 2.05) is 36.4 Å². The maximum atomic E-state index is 12.0. The first-order valence-electron chi connectivity index (χ1n) is 7.25. The first-order chi connectivity index (χ1) is 10.3. The van der Waals surface area contributed by atoms with E-state index in [4.69, 9.17) is 0 Å². The largest absolute Gasteiger partial charge is 0.349 e. The highest BCUT2D eigenvalue weighted by molar-refractivity contribution is 7.99. The number of hydrogen-bond donors (Lipinski definition) is 1. The van der Waals surface area contributed by atoms with Crippen LogP contribution in [-0.2, 0) is 10.5 Å². The van der Waals surface area contributed by atoms with Gasteiger partial charge in [0.15, 0.2) is 0 Å². The second-order valence-electron chi connectivity index (χ2n) is 4.92. The first kappa shape index (κ1) is 15.6. The van der Waals surface area contributed by atoms with E-state index >= 15 is 0 Å². The van der Waals surface area contributed by atoms with E-state index in [9.17, 15) is 4.79 Å². The molecule has 21 heavy (non-hydrogen) atoms. The highest BCUT2D eigenvalue weighted by Gasteiger charge is 2.12. The summed E-state index contributed by atoms with van der Waals surface area (Å²) < 4.78 is 0. The Labute approximate surface area is 131 Å². The monoisotopic (exact) mass is 299 g/mol. The van der Waals surface area contributed by atoms with Gasteiger partial charge in [-0.15, -0.1) is 11.8 Å². The van der Waals surface area contributed by atoms with Gasteiger partial charge < -0.3 is 5.32 Å². The average molecular weight is 299 g/mol. The Balaban J connectivity index is 1.78. The van der Waals surface area contributed by atoms with Crippen LogP contribution in [0.1, 0.15) is 30.5 Å². The number of hydrogen-bond acceptors (Lipinski definition) is 2. The highest BCUT2D eigenvalue weighted by Crippen LogP contribution is 2.17. The van der Waals surface area contributed by atoms with Gasteiger partial charge in [-0.1, -0.05) is 67.6 Å². The molecule has 0 aliphatic rings. The Bertz CT molecular complexity index is 542. The molecule has 0 heterocycles. The van der Waals surface area contributed by atoms with Gasteiger partial charge in [0.05, 0.1) is 11.8 Å². The van der Waals surface area contributed by atoms with Gasteiger partial charge in [0.25, 0.3) is 0 Å². The van der Waals surface area contributed by atoms with Gasteiger partial charge in [0.2, 0.25) is 5.91 Å². The zero-order chi connectivity index (χ0) is 14.9. The van der Waals surface area contributed by atoms with Crippen LogP contribution in [-0.4, -0.2) is 11.7 Å². The molecule has 3 heteroatoms. The van der Waals surface area contributed by atoms with Crippen LogP contribution in [0.4, 0.5) is 0 Å². The van der Waals surface area contributed by atoms with Gasteiger partial charge in [0.1, 0.15) is 0 Å². The minimum Gasteiger partial charge on any atom is -0.349 e. The van der Waals surface area contributed by atoms with Gasteiger partial charge in [-0.3, -0.25) is 4.79 Å². The van der Waals surface area contributed by atoms with E-state index < -0.39 is 0 Å². The molecule has 0 aromatic heterocycles. The molecule has 0 saturated carbocycles. The molecule has 0 aliphatic heterocycles. The number of amides is 1. The maximum Gasteiger partial charge on any atom is 0.230 e. The fourth-order valence-corrected chi connectivity index (χ4v) is 2.98. The van der Waals surface area contributed by atoms with Crippen molar-refractivity contribution in [3.8, 4) is 0 Å². The number of nitrogens with one attached hydrogen (secondary N) is 1. The van der Waals surface area contributed by atoms with Crippen molar-refractivity contribution < 1.29 is 4.79 Å². The molecular weight excluding hydrogens is 278 g/mol. The van der Waals surface area contributed by atoms with Crippen LogP contribution in [0, 0.1) is 0 Å². The van der Waals surface area contributed by atoms with Crippen molar-refractivity contribution in [1.29, 1.82) is 0 Å². The van der Waals surface area contributed by atoms with Crippen molar-refractivity contribution in [2.75, 3.05) is 5.75 Å². The smallest absolute Gasteiger partial charge is 0.230 e. The summed E-state index contributed by atoms with van der Waals surface area (Å²) in [6.45, 7) is 2.09. The summed E-state index contributed by atoms with van der Waals surface area (Å²) in [5.41, 5.74) is 2.42. The second-order valence-corrected chi connectivity index (χ2v) is 5.90. The molecule has 110 valence electrons. The Morgan fingerprint density at radius 3 is 2.29 bits per heavy atom. The zero-order valence-electron chi connectivity index (χ0n) is 12.3. The average Bonchev–Trinajstić information content (AvgIpc) is 2.54. The lowest BCUT2D eigenvalue weighted by atomic mass is 10.0. The molecule has 2 rings (SSSR count). The van der Waals surface area contributed by atoms with Crippen LogP contribution in [0.2, 0.25) is 0 Å². The third-order valence-corrected chi connectivity index (χ3v) is 4.29. The summed E-state index contributed by atoms with van der Waals surface area (Å²) in [5, 5.41) is 3.11. The normalized spacial score (nSPS) is 11.9. The molecule has 1 N–H and O–H groups in total. The van der Waals surface area contributed by atoms with Gasteiger partial charge in [-0.25, -0.2) is 0 Å². The molecule has 2 aromatic rings. The van der Waals surface area contributed by atoms with Gasteiger partial charge in [-0.2, -0.15) is 0 Å². The van der Waals surface area contributed by atoms with Crippen LogP contribution in [0.5, 0.6) is 0 Å². The molecule has 2 nitrogen and oxygen atoms in total. The van der Waals surface area contributed by atoms with E-state index in [1.165, 1.54) is 11.1 Å². The van der Waals surface area contributed by atoms with Crippen molar-refractivity contribution in [2.24, 2.45) is 0 Å². The summed E-state index contributed by atoms with van der Waals surface area (Å²) in [7, 11) is 0. The summed E-state index contributed by atoms with van der Waals surface area (Å²) in [6, 6.07) is 20.5. The third kappa shape index (κ3) is 5.27. The van der Waals surface area contributed by atoms with Crippen molar-refractivity contribution in [2.45, 2.75) is 25.1 Å². The first-order valence-corrected chi connectivity index (χ1v) is 8.41. The van der Waals surface area contributed by atoms with Crippen LogP contribution >= 0.6 is 11.8 Å². The minimum atomic E-state index is 0.103. The fourth-order valence-electron chi connectivity index (χ4n) is 2.18. The molecule has 0 bridgehead atoms. The summed E-state index contributed by atoms with van der Waals surface area (Å²) in [4.78, 5) is 12.0. The van der Waals surface area contributed by atoms with E-state index in [0.29, 0.717) is 5.75 Å². The third-order valence-electron chi connectivity index (χ3n) is 3.29. The van der Waals surface area contributed by atoms with Gasteiger partial charge in [-0.05, 0) is 17.5 Å². The number of carbonyl (C=O) groups excluding carboxylic acids is 1. The molecule has 0 fully saturated rings. The highest BCUT2D eigenvalue weighted by atomic mass is 32.2. The van der Waals surface area contributed by atoms with E-state index in [-0.39, 0.29) is 11.9 Å². The summed E-state index contributed by atoms with van der Waals surface area (Å²) in [6.07, 6.45) is 0.902. The van der Waals surface area contributed by atoms with Crippen molar-refractivity contribution in [1.82, 2.24) is 5.32 Å². The SMILES string of the molecule is CCC(NC(=O)CSCc1ccccc1)c1ccccc1. The Kier molecular flexibility index (Phi) is 6.35. The lowest BCUT2D eigenvalue weighted by Crippen LogP contribution is -2.29. The number of rotatable bonds is 7. The Morgan fingerprint density at radius 1 is 1.05 bits per heavy atom. The van der Waals surface area contributed by atoms with Crippen LogP contribution in [0.25, 0.3) is 0 Å². The molecule has 0 radical (unpaired) electrons. The van der Waals surface area contributed by atoms with E-state index in [0.717, 1.165) is 12.2 Å². The second kappa shape index (κ2) is 8.53. The lowest BCUT2D eigenvalue weighted by molar-refractivity contribution is -0.119. The molecule has 2 aromatic carbocycles. The Morgan fingerprint density at radius 2 is 1.67 bits per heavy atom. The topological polar surface area (TPSA) is 29.1 Å². The number of carbonyl (C=O) groups is 1. The quantitative estimate of drug-likeness (QED) is 0.830. The van der Waals surface area contributed by atoms with Crippen LogP contribution in [0.3, 0.4) is 0 Å². The van der Waals surface area contributed by atoms with Crippen LogP contribution in [0.15, 0.2) is 60.7 Å². The van der Waals surface area contributed by atoms with Crippen molar-refractivity contribution in [3.05, 3.63) is 71.8 Å². The van der Waals surface area contributed by atoms with Gasteiger partial charge in [0, 0.05) is 5.75 Å².